The van der Waals surface area contributed by atoms with Gasteiger partial charge in [0.15, 0.2) is 8.32 Å². The molecule has 0 N–H and O–H groups in total. The summed E-state index contributed by atoms with van der Waals surface area (Å²) in [6.07, 6.45) is 1.65. The minimum Gasteiger partial charge on any atom is -0.408 e. The van der Waals surface area contributed by atoms with E-state index < -0.39 is 8.32 Å². The molecule has 6 heteroatoms. The fourth-order valence-corrected chi connectivity index (χ4v) is 3.53. The first-order valence-corrected chi connectivity index (χ1v) is 10.8. The highest BCUT2D eigenvalue weighted by atomic mass is 28.4. The van der Waals surface area contributed by atoms with Crippen LogP contribution in [-0.4, -0.2) is 27.1 Å². The molecule has 2 atom stereocenters. The van der Waals surface area contributed by atoms with E-state index in [4.69, 9.17) is 14.7 Å². The highest BCUT2D eigenvalue weighted by molar-refractivity contribution is 6.69. The molecule has 1 aliphatic rings. The van der Waals surface area contributed by atoms with Crippen LogP contribution in [-0.2, 0) is 9.16 Å². The van der Waals surface area contributed by atoms with Crippen LogP contribution in [0.15, 0.2) is 35.4 Å². The minimum absolute atomic E-state index is 0.0311. The van der Waals surface area contributed by atoms with Crippen LogP contribution in [0.3, 0.4) is 0 Å². The van der Waals surface area contributed by atoms with Gasteiger partial charge in [0.1, 0.15) is 11.7 Å². The van der Waals surface area contributed by atoms with Crippen LogP contribution < -0.4 is 0 Å². The molecule has 1 saturated heterocycles. The molecule has 1 aromatic rings. The molecule has 2 rings (SSSR count). The van der Waals surface area contributed by atoms with E-state index in [2.05, 4.69) is 41.8 Å². The quantitative estimate of drug-likeness (QED) is 0.178. The van der Waals surface area contributed by atoms with Crippen molar-refractivity contribution in [3.05, 3.63) is 46.3 Å². The van der Waals surface area contributed by atoms with Crippen LogP contribution in [0.4, 0.5) is 0 Å². The Labute approximate surface area is 127 Å². The maximum atomic E-state index is 8.36. The van der Waals surface area contributed by atoms with Gasteiger partial charge in [0.25, 0.3) is 0 Å². The van der Waals surface area contributed by atoms with Crippen LogP contribution in [0.5, 0.6) is 0 Å². The molecule has 0 bridgehead atoms. The molecular weight excluding hydrogens is 282 g/mol. The van der Waals surface area contributed by atoms with Crippen LogP contribution in [0.2, 0.25) is 19.6 Å². The number of hydrogen-bond acceptors (Lipinski definition) is 3. The van der Waals surface area contributed by atoms with E-state index in [0.29, 0.717) is 13.2 Å². The van der Waals surface area contributed by atoms with Crippen LogP contribution in [0.25, 0.3) is 10.4 Å². The predicted molar refractivity (Wildman–Crippen MR) is 85.5 cm³/mol. The molecule has 5 nitrogen and oxygen atoms in total. The first-order chi connectivity index (χ1) is 9.97. The monoisotopic (exact) mass is 305 g/mol. The fourth-order valence-electron chi connectivity index (χ4n) is 2.47. The largest absolute Gasteiger partial charge is 0.408 e. The molecule has 1 aromatic carbocycles. The van der Waals surface area contributed by atoms with Gasteiger partial charge in [-0.3, -0.25) is 0 Å². The molecule has 0 aromatic heterocycles. The standard InChI is InChI=1S/C15H23N3O2Si/c1-21(2,3)20-14(13-8-5-4-6-9-13)15(12-19-15)10-7-11-17-18-16/h4-6,8-9,14H,7,10-12H2,1-3H3. The summed E-state index contributed by atoms with van der Waals surface area (Å²) in [5.74, 6) is 0. The Kier molecular flexibility index (Phi) is 5.06. The van der Waals surface area contributed by atoms with Gasteiger partial charge in [0.2, 0.25) is 0 Å². The third-order valence-electron chi connectivity index (χ3n) is 3.49. The highest BCUT2D eigenvalue weighted by Crippen LogP contribution is 2.47. The molecule has 0 radical (unpaired) electrons. The van der Waals surface area contributed by atoms with E-state index in [-0.39, 0.29) is 11.7 Å². The summed E-state index contributed by atoms with van der Waals surface area (Å²) in [6, 6.07) is 10.3. The number of epoxide rings is 1. The lowest BCUT2D eigenvalue weighted by atomic mass is 9.92. The Hall–Kier alpha value is -1.33. The van der Waals surface area contributed by atoms with Crippen LogP contribution >= 0.6 is 0 Å². The van der Waals surface area contributed by atoms with Crippen LogP contribution in [0.1, 0.15) is 24.5 Å². The number of ether oxygens (including phenoxy) is 1. The van der Waals surface area contributed by atoms with Crippen molar-refractivity contribution in [2.45, 2.75) is 44.2 Å². The van der Waals surface area contributed by atoms with Crippen molar-refractivity contribution >= 4 is 8.32 Å². The van der Waals surface area contributed by atoms with E-state index in [1.807, 2.05) is 18.2 Å². The number of azide groups is 1. The summed E-state index contributed by atoms with van der Waals surface area (Å²) < 4.78 is 12.2. The van der Waals surface area contributed by atoms with Crippen molar-refractivity contribution in [3.8, 4) is 0 Å². The third-order valence-corrected chi connectivity index (χ3v) is 4.43. The molecular formula is C15H23N3O2Si. The Morgan fingerprint density at radius 2 is 2.05 bits per heavy atom. The second-order valence-corrected chi connectivity index (χ2v) is 10.9. The Balaban J connectivity index is 2.13. The molecule has 1 fully saturated rings. The average Bonchev–Trinajstić information content (AvgIpc) is 3.22. The van der Waals surface area contributed by atoms with Gasteiger partial charge in [0.05, 0.1) is 6.61 Å². The van der Waals surface area contributed by atoms with E-state index in [0.717, 1.165) is 12.8 Å². The molecule has 1 aliphatic heterocycles. The minimum atomic E-state index is -1.69. The van der Waals surface area contributed by atoms with Gasteiger partial charge in [-0.2, -0.15) is 0 Å². The molecule has 114 valence electrons. The lowest BCUT2D eigenvalue weighted by Gasteiger charge is -2.31. The maximum Gasteiger partial charge on any atom is 0.184 e. The summed E-state index contributed by atoms with van der Waals surface area (Å²) in [5, 5.41) is 3.60. The first-order valence-electron chi connectivity index (χ1n) is 7.34. The third kappa shape index (κ3) is 4.57. The van der Waals surface area contributed by atoms with Crippen molar-refractivity contribution in [2.24, 2.45) is 5.11 Å². The van der Waals surface area contributed by atoms with Crippen molar-refractivity contribution in [2.75, 3.05) is 13.2 Å². The summed E-state index contributed by atoms with van der Waals surface area (Å²) in [5.41, 5.74) is 9.28. The zero-order valence-corrected chi connectivity index (χ0v) is 14.0. The Morgan fingerprint density at radius 3 is 2.57 bits per heavy atom. The SMILES string of the molecule is C[Si](C)(C)OC(c1ccccc1)C1(CCCN=[N+]=[N-])CO1. The molecule has 0 saturated carbocycles. The van der Waals surface area contributed by atoms with Gasteiger partial charge in [-0.1, -0.05) is 35.4 Å². The second kappa shape index (κ2) is 6.62. The van der Waals surface area contributed by atoms with E-state index in [1.165, 1.54) is 5.56 Å². The van der Waals surface area contributed by atoms with Gasteiger partial charge in [-0.05, 0) is 43.6 Å². The van der Waals surface area contributed by atoms with Gasteiger partial charge < -0.3 is 9.16 Å². The molecule has 1 heterocycles. The van der Waals surface area contributed by atoms with Gasteiger partial charge >= 0.3 is 0 Å². The molecule has 0 aliphatic carbocycles. The fraction of sp³-hybridized carbons (Fsp3) is 0.600. The number of rotatable bonds is 8. The number of nitrogens with zero attached hydrogens (tertiary/aromatic N) is 3. The van der Waals surface area contributed by atoms with Gasteiger partial charge in [-0.25, -0.2) is 0 Å². The topological polar surface area (TPSA) is 70.5 Å². The molecule has 2 unspecified atom stereocenters. The average molecular weight is 305 g/mol. The van der Waals surface area contributed by atoms with Gasteiger partial charge in [0, 0.05) is 11.5 Å². The van der Waals surface area contributed by atoms with Crippen molar-refractivity contribution in [1.29, 1.82) is 0 Å². The zero-order valence-electron chi connectivity index (χ0n) is 13.0. The van der Waals surface area contributed by atoms with Crippen molar-refractivity contribution < 1.29 is 9.16 Å². The lowest BCUT2D eigenvalue weighted by Crippen LogP contribution is -2.35. The highest BCUT2D eigenvalue weighted by Gasteiger charge is 2.53. The molecule has 0 spiro atoms. The van der Waals surface area contributed by atoms with Crippen molar-refractivity contribution in [3.63, 3.8) is 0 Å². The maximum absolute atomic E-state index is 8.36. The first kappa shape index (κ1) is 16.0. The smallest absolute Gasteiger partial charge is 0.184 e. The predicted octanol–water partition coefficient (Wildman–Crippen LogP) is 4.44. The summed E-state index contributed by atoms with van der Waals surface area (Å²) in [7, 11) is -1.69. The summed E-state index contributed by atoms with van der Waals surface area (Å²) >= 11 is 0. The second-order valence-electron chi connectivity index (χ2n) is 6.43. The normalized spacial score (nSPS) is 22.4. The lowest BCUT2D eigenvalue weighted by molar-refractivity contribution is 0.0830. The number of benzene rings is 1. The van der Waals surface area contributed by atoms with E-state index in [9.17, 15) is 0 Å². The number of hydrogen-bond donors (Lipinski definition) is 0. The van der Waals surface area contributed by atoms with E-state index >= 15 is 0 Å². The van der Waals surface area contributed by atoms with Crippen molar-refractivity contribution in [1.82, 2.24) is 0 Å². The Morgan fingerprint density at radius 1 is 1.38 bits per heavy atom. The van der Waals surface area contributed by atoms with Crippen LogP contribution in [0, 0.1) is 0 Å². The summed E-state index contributed by atoms with van der Waals surface area (Å²) in [4.78, 5) is 2.80. The van der Waals surface area contributed by atoms with E-state index in [1.54, 1.807) is 0 Å². The summed E-state index contributed by atoms with van der Waals surface area (Å²) in [6.45, 7) is 7.81. The van der Waals surface area contributed by atoms with Gasteiger partial charge in [-0.15, -0.1) is 0 Å². The zero-order chi connectivity index (χ0) is 15.3. The molecule has 21 heavy (non-hydrogen) atoms. The molecule has 0 amide bonds. The Bertz CT molecular complexity index is 505.